The van der Waals surface area contributed by atoms with Gasteiger partial charge in [0.1, 0.15) is 17.2 Å². The van der Waals surface area contributed by atoms with Gasteiger partial charge in [-0.15, -0.1) is 0 Å². The molecule has 0 radical (unpaired) electrons. The van der Waals surface area contributed by atoms with E-state index in [1.54, 1.807) is 0 Å². The highest BCUT2D eigenvalue weighted by Crippen LogP contribution is 2.30. The summed E-state index contributed by atoms with van der Waals surface area (Å²) in [5.41, 5.74) is 0.241. The van der Waals surface area contributed by atoms with Crippen molar-refractivity contribution in [3.05, 3.63) is 70.8 Å². The number of likely N-dealkylation sites (tertiary alicyclic amines) is 1. The van der Waals surface area contributed by atoms with Gasteiger partial charge in [-0.1, -0.05) is 29.8 Å². The Balaban J connectivity index is 1.54. The van der Waals surface area contributed by atoms with Crippen LogP contribution in [0.25, 0.3) is 0 Å². The molecule has 0 unspecified atom stereocenters. The van der Waals surface area contributed by atoms with Gasteiger partial charge in [0.2, 0.25) is 0 Å². The van der Waals surface area contributed by atoms with Crippen molar-refractivity contribution < 1.29 is 23.2 Å². The van der Waals surface area contributed by atoms with Gasteiger partial charge in [0.05, 0.1) is 18.7 Å². The quantitative estimate of drug-likeness (QED) is 0.787. The molecule has 2 aliphatic rings. The first-order chi connectivity index (χ1) is 14.3. The summed E-state index contributed by atoms with van der Waals surface area (Å²) < 4.78 is 27.6. The number of nitrogens with one attached hydrogen (secondary N) is 1. The Hall–Kier alpha value is -3.29. The molecule has 156 valence electrons. The zero-order chi connectivity index (χ0) is 21.5. The zero-order valence-electron chi connectivity index (χ0n) is 16.5. The highest BCUT2D eigenvalue weighted by molar-refractivity contribution is 6.07. The largest absolute Gasteiger partial charge is 0.336 e. The minimum atomic E-state index is -1.25. The molecule has 2 saturated heterocycles. The zero-order valence-corrected chi connectivity index (χ0v) is 16.5. The van der Waals surface area contributed by atoms with Crippen LogP contribution < -0.4 is 5.32 Å². The first kappa shape index (κ1) is 20.0. The van der Waals surface area contributed by atoms with E-state index in [-0.39, 0.29) is 25.2 Å². The Morgan fingerprint density at radius 3 is 2.60 bits per heavy atom. The number of aryl methyl sites for hydroxylation is 1. The predicted molar refractivity (Wildman–Crippen MR) is 104 cm³/mol. The van der Waals surface area contributed by atoms with Crippen LogP contribution in [0.3, 0.4) is 0 Å². The van der Waals surface area contributed by atoms with Gasteiger partial charge in [-0.3, -0.25) is 14.5 Å². The number of nitrogens with zero attached hydrogens (tertiary/aromatic N) is 2. The number of imide groups is 1. The lowest BCUT2D eigenvalue weighted by molar-refractivity contribution is -0.133. The number of halogens is 2. The first-order valence-electron chi connectivity index (χ1n) is 9.73. The topological polar surface area (TPSA) is 69.7 Å². The molecule has 0 saturated carbocycles. The standard InChI is InChI=1S/C22H21F2N3O3/c1-14-3-5-15(6-4-14)12-27-20(29)22(25-21(27)30)9-2-10-26(13-22)19(28)17-11-16(23)7-8-18(17)24/h3-8,11H,2,9-10,12-13H2,1H3,(H,25,30)/t22-/m1/s1. The normalized spacial score (nSPS) is 21.3. The molecule has 2 aromatic carbocycles. The van der Waals surface area contributed by atoms with Crippen LogP contribution in [0.4, 0.5) is 13.6 Å². The number of hydrogen-bond acceptors (Lipinski definition) is 3. The second-order valence-electron chi connectivity index (χ2n) is 7.84. The molecule has 6 nitrogen and oxygen atoms in total. The van der Waals surface area contributed by atoms with E-state index in [1.165, 1.54) is 4.90 Å². The van der Waals surface area contributed by atoms with E-state index in [9.17, 15) is 23.2 Å². The van der Waals surface area contributed by atoms with E-state index < -0.39 is 35.0 Å². The second-order valence-corrected chi connectivity index (χ2v) is 7.84. The Morgan fingerprint density at radius 1 is 1.13 bits per heavy atom. The van der Waals surface area contributed by atoms with Gasteiger partial charge >= 0.3 is 6.03 Å². The van der Waals surface area contributed by atoms with E-state index in [4.69, 9.17) is 0 Å². The Labute approximate surface area is 172 Å². The maximum absolute atomic E-state index is 14.1. The molecule has 2 aromatic rings. The Bertz CT molecular complexity index is 1020. The van der Waals surface area contributed by atoms with Crippen LogP contribution >= 0.6 is 0 Å². The number of amides is 4. The van der Waals surface area contributed by atoms with Gasteiger partial charge < -0.3 is 10.2 Å². The van der Waals surface area contributed by atoms with Crippen molar-refractivity contribution >= 4 is 17.8 Å². The third-order valence-electron chi connectivity index (χ3n) is 5.65. The number of rotatable bonds is 3. The van der Waals surface area contributed by atoms with E-state index in [1.807, 2.05) is 31.2 Å². The van der Waals surface area contributed by atoms with E-state index in [2.05, 4.69) is 5.32 Å². The van der Waals surface area contributed by atoms with Crippen LogP contribution in [0, 0.1) is 18.6 Å². The highest BCUT2D eigenvalue weighted by Gasteiger charge is 2.53. The maximum Gasteiger partial charge on any atom is 0.325 e. The molecule has 4 rings (SSSR count). The molecule has 0 bridgehead atoms. The molecule has 1 N–H and O–H groups in total. The van der Waals surface area contributed by atoms with Crippen molar-refractivity contribution in [3.8, 4) is 0 Å². The first-order valence-corrected chi connectivity index (χ1v) is 9.73. The van der Waals surface area contributed by atoms with Crippen LogP contribution in [-0.2, 0) is 11.3 Å². The number of benzene rings is 2. The minimum Gasteiger partial charge on any atom is -0.336 e. The van der Waals surface area contributed by atoms with Crippen LogP contribution in [0.15, 0.2) is 42.5 Å². The van der Waals surface area contributed by atoms with Crippen molar-refractivity contribution in [2.45, 2.75) is 31.8 Å². The number of hydrogen-bond donors (Lipinski definition) is 1. The lowest BCUT2D eigenvalue weighted by Crippen LogP contribution is -2.59. The predicted octanol–water partition coefficient (Wildman–Crippen LogP) is 3.00. The van der Waals surface area contributed by atoms with E-state index in [0.717, 1.165) is 34.2 Å². The second kappa shape index (κ2) is 7.51. The van der Waals surface area contributed by atoms with Gasteiger partial charge in [-0.2, -0.15) is 0 Å². The van der Waals surface area contributed by atoms with Gasteiger partial charge in [0.25, 0.3) is 11.8 Å². The average Bonchev–Trinajstić information content (AvgIpc) is 2.94. The number of urea groups is 1. The number of carbonyl (C=O) groups is 3. The molecule has 1 atom stereocenters. The molecule has 2 fully saturated rings. The van der Waals surface area contributed by atoms with Crippen molar-refractivity contribution in [1.29, 1.82) is 0 Å². The molecular formula is C22H21F2N3O3. The van der Waals surface area contributed by atoms with E-state index in [0.29, 0.717) is 12.8 Å². The van der Waals surface area contributed by atoms with Crippen molar-refractivity contribution in [1.82, 2.24) is 15.1 Å². The molecular weight excluding hydrogens is 392 g/mol. The summed E-state index contributed by atoms with van der Waals surface area (Å²) in [4.78, 5) is 40.9. The number of piperidine rings is 1. The molecule has 1 spiro atoms. The molecule has 4 amide bonds. The third kappa shape index (κ3) is 3.53. The monoisotopic (exact) mass is 413 g/mol. The van der Waals surface area contributed by atoms with Crippen LogP contribution in [0.1, 0.15) is 34.3 Å². The van der Waals surface area contributed by atoms with Crippen LogP contribution in [0.2, 0.25) is 0 Å². The minimum absolute atomic E-state index is 0.0865. The summed E-state index contributed by atoms with van der Waals surface area (Å²) in [5, 5.41) is 2.74. The number of carbonyl (C=O) groups excluding carboxylic acids is 3. The van der Waals surface area contributed by atoms with Crippen molar-refractivity contribution in [3.63, 3.8) is 0 Å². The Morgan fingerprint density at radius 2 is 1.87 bits per heavy atom. The highest BCUT2D eigenvalue weighted by atomic mass is 19.1. The van der Waals surface area contributed by atoms with Crippen molar-refractivity contribution in [2.75, 3.05) is 13.1 Å². The summed E-state index contributed by atoms with van der Waals surface area (Å²) in [7, 11) is 0. The molecule has 2 heterocycles. The molecule has 8 heteroatoms. The lowest BCUT2D eigenvalue weighted by Gasteiger charge is -2.38. The lowest BCUT2D eigenvalue weighted by atomic mass is 9.88. The fourth-order valence-corrected chi connectivity index (χ4v) is 4.03. The van der Waals surface area contributed by atoms with Gasteiger partial charge in [-0.25, -0.2) is 13.6 Å². The van der Waals surface area contributed by atoms with Crippen LogP contribution in [0.5, 0.6) is 0 Å². The maximum atomic E-state index is 14.1. The molecule has 0 aliphatic carbocycles. The molecule has 0 aromatic heterocycles. The van der Waals surface area contributed by atoms with Gasteiger partial charge in [0.15, 0.2) is 0 Å². The third-order valence-corrected chi connectivity index (χ3v) is 5.65. The van der Waals surface area contributed by atoms with Gasteiger partial charge in [-0.05, 0) is 43.5 Å². The molecule has 2 aliphatic heterocycles. The fraction of sp³-hybridized carbons (Fsp3) is 0.318. The van der Waals surface area contributed by atoms with Gasteiger partial charge in [0, 0.05) is 6.54 Å². The molecule has 30 heavy (non-hydrogen) atoms. The Kier molecular flexibility index (Phi) is 5.01. The summed E-state index contributed by atoms with van der Waals surface area (Å²) in [6.07, 6.45) is 0.824. The van der Waals surface area contributed by atoms with Crippen molar-refractivity contribution in [2.24, 2.45) is 0 Å². The van der Waals surface area contributed by atoms with E-state index >= 15 is 0 Å². The van der Waals surface area contributed by atoms with Crippen LogP contribution in [-0.4, -0.2) is 46.3 Å². The fourth-order valence-electron chi connectivity index (χ4n) is 4.03. The SMILES string of the molecule is Cc1ccc(CN2C(=O)N[C@@]3(CCCN(C(=O)c4cc(F)ccc4F)C3)C2=O)cc1. The summed E-state index contributed by atoms with van der Waals surface area (Å²) in [5.74, 6) is -2.67. The average molecular weight is 413 g/mol. The summed E-state index contributed by atoms with van der Waals surface area (Å²) in [6, 6.07) is 9.66. The summed E-state index contributed by atoms with van der Waals surface area (Å²) in [6.45, 7) is 2.27. The smallest absolute Gasteiger partial charge is 0.325 e. The summed E-state index contributed by atoms with van der Waals surface area (Å²) >= 11 is 0.